The van der Waals surface area contributed by atoms with Crippen LogP contribution in [0.2, 0.25) is 0 Å². The number of nitrogens with zero attached hydrogens (tertiary/aromatic N) is 2. The van der Waals surface area contributed by atoms with E-state index in [2.05, 4.69) is 36.5 Å². The van der Waals surface area contributed by atoms with Crippen LogP contribution in [0.4, 0.5) is 17.3 Å². The van der Waals surface area contributed by atoms with Crippen molar-refractivity contribution < 1.29 is 0 Å². The Morgan fingerprint density at radius 2 is 1.84 bits per heavy atom. The fourth-order valence-corrected chi connectivity index (χ4v) is 2.18. The van der Waals surface area contributed by atoms with Crippen LogP contribution in [0.1, 0.15) is 6.92 Å². The zero-order chi connectivity index (χ0) is 13.7. The zero-order valence-corrected chi connectivity index (χ0v) is 13.2. The number of anilines is 3. The van der Waals surface area contributed by atoms with Crippen molar-refractivity contribution in [2.75, 3.05) is 23.4 Å². The fourth-order valence-electron chi connectivity index (χ4n) is 1.53. The van der Waals surface area contributed by atoms with E-state index in [9.17, 15) is 0 Å². The minimum Gasteiger partial charge on any atom is -0.370 e. The second-order valence-electron chi connectivity index (χ2n) is 3.79. The molecule has 0 bridgehead atoms. The minimum atomic E-state index is 0.748. The van der Waals surface area contributed by atoms with Crippen molar-refractivity contribution in [2.45, 2.75) is 12.1 Å². The molecule has 2 N–H and O–H groups in total. The van der Waals surface area contributed by atoms with Crippen molar-refractivity contribution in [3.05, 3.63) is 34.8 Å². The first-order chi connectivity index (χ1) is 9.21. The van der Waals surface area contributed by atoms with Crippen LogP contribution in [0.3, 0.4) is 0 Å². The van der Waals surface area contributed by atoms with E-state index in [0.717, 1.165) is 33.5 Å². The van der Waals surface area contributed by atoms with Gasteiger partial charge in [0.15, 0.2) is 5.16 Å². The van der Waals surface area contributed by atoms with E-state index in [1.165, 1.54) is 11.8 Å². The quantitative estimate of drug-likeness (QED) is 0.633. The third-order valence-corrected chi connectivity index (χ3v) is 3.44. The second-order valence-corrected chi connectivity index (χ2v) is 5.48. The van der Waals surface area contributed by atoms with Gasteiger partial charge in [-0.1, -0.05) is 27.7 Å². The number of benzene rings is 1. The Bertz CT molecular complexity index is 545. The van der Waals surface area contributed by atoms with Gasteiger partial charge in [-0.15, -0.1) is 0 Å². The van der Waals surface area contributed by atoms with Crippen LogP contribution >= 0.6 is 27.7 Å². The SMILES string of the molecule is CCNc1cc(Nc2ccc(Br)cc2)nc(SC)n1. The maximum Gasteiger partial charge on any atom is 0.191 e. The number of nitrogens with one attached hydrogen (secondary N) is 2. The topological polar surface area (TPSA) is 49.8 Å². The summed E-state index contributed by atoms with van der Waals surface area (Å²) in [6, 6.07) is 9.88. The van der Waals surface area contributed by atoms with E-state index in [4.69, 9.17) is 0 Å². The van der Waals surface area contributed by atoms with Gasteiger partial charge < -0.3 is 10.6 Å². The summed E-state index contributed by atoms with van der Waals surface area (Å²) < 4.78 is 1.05. The minimum absolute atomic E-state index is 0.748. The average Bonchev–Trinajstić information content (AvgIpc) is 2.41. The van der Waals surface area contributed by atoms with Crippen molar-refractivity contribution >= 4 is 45.0 Å². The molecule has 0 atom stereocenters. The molecular formula is C13H15BrN4S. The first-order valence-corrected chi connectivity index (χ1v) is 7.92. The number of rotatable bonds is 5. The number of aromatic nitrogens is 2. The van der Waals surface area contributed by atoms with Crippen LogP contribution in [-0.2, 0) is 0 Å². The normalized spacial score (nSPS) is 10.3. The molecule has 0 saturated heterocycles. The van der Waals surface area contributed by atoms with Gasteiger partial charge in [0.1, 0.15) is 11.6 Å². The lowest BCUT2D eigenvalue weighted by molar-refractivity contribution is 0.967. The summed E-state index contributed by atoms with van der Waals surface area (Å²) in [5.41, 5.74) is 0.997. The molecule has 1 aromatic heterocycles. The van der Waals surface area contributed by atoms with Gasteiger partial charge in [-0.3, -0.25) is 0 Å². The second kappa shape index (κ2) is 6.77. The van der Waals surface area contributed by atoms with Crippen molar-refractivity contribution in [3.63, 3.8) is 0 Å². The highest BCUT2D eigenvalue weighted by molar-refractivity contribution is 9.10. The summed E-state index contributed by atoms with van der Waals surface area (Å²) in [6.07, 6.45) is 1.97. The summed E-state index contributed by atoms with van der Waals surface area (Å²) in [5, 5.41) is 7.23. The third kappa shape index (κ3) is 4.11. The highest BCUT2D eigenvalue weighted by atomic mass is 79.9. The molecule has 0 saturated carbocycles. The summed E-state index contributed by atoms with van der Waals surface area (Å²) in [4.78, 5) is 8.83. The first-order valence-electron chi connectivity index (χ1n) is 5.91. The van der Waals surface area contributed by atoms with Crippen LogP contribution in [0.25, 0.3) is 0 Å². The molecular weight excluding hydrogens is 324 g/mol. The largest absolute Gasteiger partial charge is 0.370 e. The molecule has 0 fully saturated rings. The van der Waals surface area contributed by atoms with Gasteiger partial charge in [0.25, 0.3) is 0 Å². The maximum absolute atomic E-state index is 4.44. The van der Waals surface area contributed by atoms with Gasteiger partial charge in [0, 0.05) is 22.8 Å². The predicted molar refractivity (Wildman–Crippen MR) is 85.4 cm³/mol. The van der Waals surface area contributed by atoms with Crippen LogP contribution in [0, 0.1) is 0 Å². The van der Waals surface area contributed by atoms with E-state index < -0.39 is 0 Å². The van der Waals surface area contributed by atoms with Gasteiger partial charge >= 0.3 is 0 Å². The van der Waals surface area contributed by atoms with Gasteiger partial charge in [-0.05, 0) is 37.4 Å². The molecule has 0 radical (unpaired) electrons. The highest BCUT2D eigenvalue weighted by Crippen LogP contribution is 2.22. The average molecular weight is 339 g/mol. The van der Waals surface area contributed by atoms with Crippen molar-refractivity contribution in [3.8, 4) is 0 Å². The number of thioether (sulfide) groups is 1. The highest BCUT2D eigenvalue weighted by Gasteiger charge is 2.04. The molecule has 4 nitrogen and oxygen atoms in total. The van der Waals surface area contributed by atoms with Crippen LogP contribution in [0.5, 0.6) is 0 Å². The molecule has 0 amide bonds. The molecule has 0 unspecified atom stereocenters. The van der Waals surface area contributed by atoms with Gasteiger partial charge in [-0.2, -0.15) is 0 Å². The Kier molecular flexibility index (Phi) is 5.04. The van der Waals surface area contributed by atoms with Crippen molar-refractivity contribution in [2.24, 2.45) is 0 Å². The van der Waals surface area contributed by atoms with Gasteiger partial charge in [-0.25, -0.2) is 9.97 Å². The standard InChI is InChI=1S/C13H15BrN4S/c1-3-15-11-8-12(18-13(17-11)19-2)16-10-6-4-9(14)5-7-10/h4-8H,3H2,1-2H3,(H2,15,16,17,18). The van der Waals surface area contributed by atoms with Crippen LogP contribution in [-0.4, -0.2) is 22.8 Å². The fraction of sp³-hybridized carbons (Fsp3) is 0.231. The molecule has 0 aliphatic rings. The lowest BCUT2D eigenvalue weighted by Crippen LogP contribution is -2.03. The number of halogens is 1. The summed E-state index contributed by atoms with van der Waals surface area (Å²) in [6.45, 7) is 2.88. The Hall–Kier alpha value is -1.27. The Morgan fingerprint density at radius 3 is 2.47 bits per heavy atom. The van der Waals surface area contributed by atoms with E-state index in [-0.39, 0.29) is 0 Å². The van der Waals surface area contributed by atoms with E-state index in [1.807, 2.05) is 43.5 Å². The molecule has 19 heavy (non-hydrogen) atoms. The first kappa shape index (κ1) is 14.1. The Morgan fingerprint density at radius 1 is 1.16 bits per heavy atom. The molecule has 0 spiro atoms. The molecule has 1 heterocycles. The lowest BCUT2D eigenvalue weighted by Gasteiger charge is -2.09. The predicted octanol–water partition coefficient (Wildman–Crippen LogP) is 4.14. The van der Waals surface area contributed by atoms with Gasteiger partial charge in [0.2, 0.25) is 0 Å². The van der Waals surface area contributed by atoms with E-state index >= 15 is 0 Å². The molecule has 2 rings (SSSR count). The van der Waals surface area contributed by atoms with Crippen molar-refractivity contribution in [1.82, 2.24) is 9.97 Å². The number of hydrogen-bond acceptors (Lipinski definition) is 5. The summed E-state index contributed by atoms with van der Waals surface area (Å²) >= 11 is 4.95. The third-order valence-electron chi connectivity index (χ3n) is 2.36. The Balaban J connectivity index is 2.23. The zero-order valence-electron chi connectivity index (χ0n) is 10.8. The Labute approximate surface area is 125 Å². The smallest absolute Gasteiger partial charge is 0.191 e. The molecule has 6 heteroatoms. The van der Waals surface area contributed by atoms with Crippen LogP contribution in [0.15, 0.2) is 40.0 Å². The van der Waals surface area contributed by atoms with Gasteiger partial charge in [0.05, 0.1) is 0 Å². The molecule has 0 aliphatic carbocycles. The van der Waals surface area contributed by atoms with E-state index in [1.54, 1.807) is 0 Å². The summed E-state index contributed by atoms with van der Waals surface area (Å²) in [5.74, 6) is 1.62. The molecule has 100 valence electrons. The molecule has 0 aliphatic heterocycles. The summed E-state index contributed by atoms with van der Waals surface area (Å²) in [7, 11) is 0. The lowest BCUT2D eigenvalue weighted by atomic mass is 10.3. The van der Waals surface area contributed by atoms with Crippen LogP contribution < -0.4 is 10.6 Å². The molecule has 2 aromatic rings. The molecule has 1 aromatic carbocycles. The number of hydrogen-bond donors (Lipinski definition) is 2. The van der Waals surface area contributed by atoms with E-state index in [0.29, 0.717) is 0 Å². The maximum atomic E-state index is 4.44. The van der Waals surface area contributed by atoms with Crippen molar-refractivity contribution in [1.29, 1.82) is 0 Å². The monoisotopic (exact) mass is 338 g/mol.